The molecule has 566 valence electrons. The Morgan fingerprint density at radius 1 is 0.323 bits per heavy atom. The Labute approximate surface area is 586 Å². The number of carbonyl (C=O) groups is 4. The predicted molar refractivity (Wildman–Crippen MR) is 391 cm³/mol. The number of rotatable bonds is 75. The van der Waals surface area contributed by atoms with Gasteiger partial charge in [-0.15, -0.1) is 0 Å². The summed E-state index contributed by atoms with van der Waals surface area (Å²) in [6, 6.07) is 0. The summed E-state index contributed by atoms with van der Waals surface area (Å²) in [7, 11) is -9.92. The maximum Gasteiger partial charge on any atom is 0.472 e. The predicted octanol–water partition coefficient (Wildman–Crippen LogP) is 22.4. The summed E-state index contributed by atoms with van der Waals surface area (Å²) >= 11 is 0. The quantitative estimate of drug-likeness (QED) is 0.0169. The topological polar surface area (TPSA) is 237 Å². The number of esters is 4. The normalized spacial score (nSPS) is 14.1. The van der Waals surface area contributed by atoms with Crippen molar-refractivity contribution in [2.45, 2.75) is 400 Å². The van der Waals surface area contributed by atoms with Crippen LogP contribution >= 0.6 is 15.6 Å². The van der Waals surface area contributed by atoms with Gasteiger partial charge < -0.3 is 33.8 Å². The number of hydrogen-bond acceptors (Lipinski definition) is 15. The van der Waals surface area contributed by atoms with Crippen molar-refractivity contribution in [3.63, 3.8) is 0 Å². The first kappa shape index (κ1) is 93.5. The zero-order valence-electron chi connectivity index (χ0n) is 62.0. The fourth-order valence-corrected chi connectivity index (χ4v) is 12.9. The summed E-state index contributed by atoms with van der Waals surface area (Å²) in [6.07, 6.45) is 61.7. The van der Waals surface area contributed by atoms with Gasteiger partial charge in [0.15, 0.2) is 12.2 Å². The van der Waals surface area contributed by atoms with Crippen molar-refractivity contribution in [2.24, 2.45) is 5.92 Å². The van der Waals surface area contributed by atoms with Crippen molar-refractivity contribution in [3.8, 4) is 0 Å². The largest absolute Gasteiger partial charge is 0.472 e. The summed E-state index contributed by atoms with van der Waals surface area (Å²) in [5.74, 6) is -1.33. The van der Waals surface area contributed by atoms with Gasteiger partial charge >= 0.3 is 39.5 Å². The van der Waals surface area contributed by atoms with Crippen molar-refractivity contribution >= 4 is 39.5 Å². The molecule has 5 atom stereocenters. The van der Waals surface area contributed by atoms with E-state index in [-0.39, 0.29) is 25.7 Å². The van der Waals surface area contributed by atoms with Crippen LogP contribution in [0.3, 0.4) is 0 Å². The van der Waals surface area contributed by atoms with Gasteiger partial charge in [-0.05, 0) is 57.3 Å². The van der Waals surface area contributed by atoms with E-state index in [2.05, 4.69) is 58.9 Å². The van der Waals surface area contributed by atoms with Crippen LogP contribution < -0.4 is 0 Å². The Bertz CT molecular complexity index is 1930. The van der Waals surface area contributed by atoms with E-state index in [1.807, 2.05) is 0 Å². The monoisotopic (exact) mass is 1410 g/mol. The van der Waals surface area contributed by atoms with Crippen molar-refractivity contribution in [1.29, 1.82) is 0 Å². The molecule has 0 fully saturated rings. The number of ether oxygens (including phenoxy) is 4. The lowest BCUT2D eigenvalue weighted by atomic mass is 10.0. The molecule has 19 heteroatoms. The highest BCUT2D eigenvalue weighted by molar-refractivity contribution is 7.47. The zero-order chi connectivity index (χ0) is 70.5. The fraction of sp³-hybridized carbons (Fsp3) is 0.896. The number of aliphatic hydroxyl groups is 1. The second-order valence-electron chi connectivity index (χ2n) is 27.5. The third-order valence-corrected chi connectivity index (χ3v) is 19.3. The average Bonchev–Trinajstić information content (AvgIpc) is 1.21. The highest BCUT2D eigenvalue weighted by Gasteiger charge is 2.30. The molecule has 0 heterocycles. The fourth-order valence-electron chi connectivity index (χ4n) is 11.3. The van der Waals surface area contributed by atoms with Gasteiger partial charge in [0.25, 0.3) is 0 Å². The van der Waals surface area contributed by atoms with Gasteiger partial charge in [0, 0.05) is 25.7 Å². The number of carbonyl (C=O) groups excluding carboxylic acids is 4. The first-order chi connectivity index (χ1) is 46.5. The molecule has 0 aliphatic carbocycles. The molecule has 0 aliphatic heterocycles. The minimum Gasteiger partial charge on any atom is -0.462 e. The van der Waals surface area contributed by atoms with Crippen molar-refractivity contribution < 1.29 is 80.2 Å². The first-order valence-electron chi connectivity index (χ1n) is 39.5. The third-order valence-electron chi connectivity index (χ3n) is 17.4. The van der Waals surface area contributed by atoms with Crippen molar-refractivity contribution in [2.75, 3.05) is 39.6 Å². The Balaban J connectivity index is 5.26. The molecule has 3 N–H and O–H groups in total. The van der Waals surface area contributed by atoms with Crippen LogP contribution in [0.15, 0.2) is 24.3 Å². The Kier molecular flexibility index (Phi) is 67.8. The summed E-state index contributed by atoms with van der Waals surface area (Å²) < 4.78 is 68.5. The molecule has 17 nitrogen and oxygen atoms in total. The first-order valence-corrected chi connectivity index (χ1v) is 42.4. The number of unbranched alkanes of at least 4 members (excludes halogenated alkanes) is 44. The molecule has 0 rings (SSSR count). The standard InChI is InChI=1S/C77H146O17P2/c1-6-9-12-15-18-21-24-26-29-33-37-41-46-51-56-61-75(80)88-67-73(94-77(82)63-58-53-48-43-38-34-31-28-27-30-32-35-39-44-49-54-59-70(4)5)69-92-96(85,86)90-65-71(78)64-89-95(83,84)91-68-72(66-87-74(79)60-55-50-45-40-23-20-17-14-11-8-3)93-76(81)62-57-52-47-42-36-25-22-19-16-13-10-7-2/h21,24,26,29,70-73,78H,6-20,22-23,25,27-28,30-69H2,1-5H3,(H,83,84)(H,85,86)/b24-21-,29-26-/t71-,72+,73+/m0/s1. The van der Waals surface area contributed by atoms with Gasteiger partial charge in [-0.25, -0.2) is 9.13 Å². The molecule has 2 unspecified atom stereocenters. The average molecular weight is 1410 g/mol. The number of aliphatic hydroxyl groups excluding tert-OH is 1. The SMILES string of the molecule is CCCCCC/C=C\C=C/CCCCCCCC(=O)OC[C@H](COP(=O)(O)OC[C@@H](O)COP(=O)(O)OC[C@@H](COC(=O)CCCCCCCCCCCC)OC(=O)CCCCCCCCCCCCCC)OC(=O)CCCCCCCCCCCCCCCCCCC(C)C. The van der Waals surface area contributed by atoms with Gasteiger partial charge in [-0.3, -0.25) is 37.3 Å². The lowest BCUT2D eigenvalue weighted by molar-refractivity contribution is -0.161. The van der Waals surface area contributed by atoms with Gasteiger partial charge in [0.05, 0.1) is 26.4 Å². The maximum absolute atomic E-state index is 13.1. The molecule has 0 aromatic heterocycles. The molecule has 0 saturated heterocycles. The number of phosphoric ester groups is 2. The molecule has 96 heavy (non-hydrogen) atoms. The maximum atomic E-state index is 13.1. The Hall–Kier alpha value is -2.46. The van der Waals surface area contributed by atoms with Crippen molar-refractivity contribution in [3.05, 3.63) is 24.3 Å². The lowest BCUT2D eigenvalue weighted by Gasteiger charge is -2.21. The highest BCUT2D eigenvalue weighted by atomic mass is 31.2. The summed E-state index contributed by atoms with van der Waals surface area (Å²) in [5, 5.41) is 10.6. The van der Waals surface area contributed by atoms with E-state index >= 15 is 0 Å². The van der Waals surface area contributed by atoms with Crippen LogP contribution in [-0.4, -0.2) is 96.7 Å². The molecule has 0 saturated carbocycles. The van der Waals surface area contributed by atoms with E-state index in [4.69, 9.17) is 37.0 Å². The van der Waals surface area contributed by atoms with Crippen LogP contribution in [0.2, 0.25) is 0 Å². The van der Waals surface area contributed by atoms with Gasteiger partial charge in [0.2, 0.25) is 0 Å². The molecular formula is C77H146O17P2. The number of phosphoric acid groups is 2. The van der Waals surface area contributed by atoms with E-state index in [0.717, 1.165) is 115 Å². The molecule has 0 radical (unpaired) electrons. The molecule has 0 aliphatic rings. The van der Waals surface area contributed by atoms with E-state index < -0.39 is 97.5 Å². The molecule has 0 spiro atoms. The van der Waals surface area contributed by atoms with E-state index in [0.29, 0.717) is 25.7 Å². The second-order valence-corrected chi connectivity index (χ2v) is 30.4. The van der Waals surface area contributed by atoms with E-state index in [9.17, 15) is 43.2 Å². The van der Waals surface area contributed by atoms with Crippen LogP contribution in [0.25, 0.3) is 0 Å². The molecule has 0 bridgehead atoms. The molecule has 0 aromatic carbocycles. The lowest BCUT2D eigenvalue weighted by Crippen LogP contribution is -2.30. The van der Waals surface area contributed by atoms with E-state index in [1.54, 1.807) is 0 Å². The second kappa shape index (κ2) is 69.6. The van der Waals surface area contributed by atoms with Gasteiger partial charge in [0.1, 0.15) is 19.3 Å². The summed E-state index contributed by atoms with van der Waals surface area (Å²) in [5.41, 5.74) is 0. The van der Waals surface area contributed by atoms with Crippen LogP contribution in [0, 0.1) is 5.92 Å². The van der Waals surface area contributed by atoms with Crippen LogP contribution in [-0.2, 0) is 65.4 Å². The van der Waals surface area contributed by atoms with Crippen LogP contribution in [0.1, 0.15) is 381 Å². The Morgan fingerprint density at radius 2 is 0.562 bits per heavy atom. The smallest absolute Gasteiger partial charge is 0.462 e. The summed E-state index contributed by atoms with van der Waals surface area (Å²) in [4.78, 5) is 72.8. The summed E-state index contributed by atoms with van der Waals surface area (Å²) in [6.45, 7) is 7.25. The van der Waals surface area contributed by atoms with Crippen molar-refractivity contribution in [1.82, 2.24) is 0 Å². The molecule has 0 amide bonds. The van der Waals surface area contributed by atoms with Gasteiger partial charge in [-0.1, -0.05) is 329 Å². The van der Waals surface area contributed by atoms with Crippen LogP contribution in [0.5, 0.6) is 0 Å². The molecule has 0 aromatic rings. The number of hydrogen-bond donors (Lipinski definition) is 3. The third kappa shape index (κ3) is 70.0. The minimum absolute atomic E-state index is 0.101. The minimum atomic E-state index is -4.96. The number of allylic oxidation sites excluding steroid dienone is 4. The zero-order valence-corrected chi connectivity index (χ0v) is 63.8. The van der Waals surface area contributed by atoms with Gasteiger partial charge in [-0.2, -0.15) is 0 Å². The van der Waals surface area contributed by atoms with Crippen LogP contribution in [0.4, 0.5) is 0 Å². The highest BCUT2D eigenvalue weighted by Crippen LogP contribution is 2.45. The Morgan fingerprint density at radius 3 is 0.854 bits per heavy atom. The molecular weight excluding hydrogens is 1260 g/mol. The van der Waals surface area contributed by atoms with E-state index in [1.165, 1.54) is 186 Å².